The molecular formula is C18H19FN2O5S. The van der Waals surface area contributed by atoms with E-state index >= 15 is 0 Å². The molecule has 0 unspecified atom stereocenters. The summed E-state index contributed by atoms with van der Waals surface area (Å²) in [5.41, 5.74) is 0.516. The second-order valence-electron chi connectivity index (χ2n) is 5.95. The molecule has 27 heavy (non-hydrogen) atoms. The van der Waals surface area contributed by atoms with Crippen LogP contribution >= 0.6 is 0 Å². The summed E-state index contributed by atoms with van der Waals surface area (Å²) in [6, 6.07) is 8.94. The second-order valence-corrected chi connectivity index (χ2v) is 7.63. The molecule has 1 N–H and O–H groups in total. The number of nitrogens with zero attached hydrogens (tertiary/aromatic N) is 1. The molecule has 1 amide bonds. The number of anilines is 1. The first-order valence-corrected chi connectivity index (χ1v) is 9.65. The minimum atomic E-state index is -4.03. The third kappa shape index (κ3) is 3.88. The molecule has 0 radical (unpaired) electrons. The Morgan fingerprint density at radius 2 is 1.81 bits per heavy atom. The summed E-state index contributed by atoms with van der Waals surface area (Å²) in [6.45, 7) is 0.326. The normalized spacial score (nSPS) is 17.2. The molecule has 2 aromatic carbocycles. The maximum Gasteiger partial charge on any atom is 0.245 e. The smallest absolute Gasteiger partial charge is 0.245 e. The SMILES string of the molecule is COc1ccc(OC)c(S(=O)(=O)N[C@H]2CCN(c3ccc(F)cc3)C2=O)c1. The molecule has 0 spiro atoms. The maximum atomic E-state index is 13.1. The lowest BCUT2D eigenvalue weighted by atomic mass is 10.3. The Hall–Kier alpha value is -2.65. The number of halogens is 1. The Labute approximate surface area is 156 Å². The number of nitrogens with one attached hydrogen (secondary N) is 1. The van der Waals surface area contributed by atoms with Gasteiger partial charge in [-0.3, -0.25) is 4.79 Å². The number of carbonyl (C=O) groups is 1. The van der Waals surface area contributed by atoms with Crippen LogP contribution in [0.1, 0.15) is 6.42 Å². The molecule has 7 nitrogen and oxygen atoms in total. The lowest BCUT2D eigenvalue weighted by molar-refractivity contribution is -0.118. The lowest BCUT2D eigenvalue weighted by Gasteiger charge is -2.18. The van der Waals surface area contributed by atoms with Gasteiger partial charge < -0.3 is 14.4 Å². The van der Waals surface area contributed by atoms with Gasteiger partial charge in [0, 0.05) is 18.3 Å². The van der Waals surface area contributed by atoms with E-state index < -0.39 is 27.8 Å². The van der Waals surface area contributed by atoms with Crippen molar-refractivity contribution in [2.24, 2.45) is 0 Å². The first kappa shape index (κ1) is 19.1. The molecule has 0 saturated carbocycles. The van der Waals surface area contributed by atoms with E-state index in [4.69, 9.17) is 9.47 Å². The van der Waals surface area contributed by atoms with Gasteiger partial charge in [-0.15, -0.1) is 0 Å². The van der Waals surface area contributed by atoms with Crippen molar-refractivity contribution in [3.05, 3.63) is 48.3 Å². The van der Waals surface area contributed by atoms with Gasteiger partial charge in [-0.2, -0.15) is 4.72 Å². The Balaban J connectivity index is 1.83. The van der Waals surface area contributed by atoms with Gasteiger partial charge in [-0.25, -0.2) is 12.8 Å². The van der Waals surface area contributed by atoms with Gasteiger partial charge in [0.05, 0.1) is 14.2 Å². The molecule has 1 aliphatic heterocycles. The number of benzene rings is 2. The first-order valence-electron chi connectivity index (χ1n) is 8.17. The number of amides is 1. The molecule has 1 saturated heterocycles. The zero-order valence-corrected chi connectivity index (χ0v) is 15.6. The van der Waals surface area contributed by atoms with E-state index in [1.807, 2.05) is 0 Å². The highest BCUT2D eigenvalue weighted by Gasteiger charge is 2.36. The summed E-state index contributed by atoms with van der Waals surface area (Å²) < 4.78 is 51.3. The van der Waals surface area contributed by atoms with E-state index in [0.29, 0.717) is 24.4 Å². The predicted molar refractivity (Wildman–Crippen MR) is 97.0 cm³/mol. The molecule has 3 rings (SSSR count). The predicted octanol–water partition coefficient (Wildman–Crippen LogP) is 1.93. The molecule has 9 heteroatoms. The van der Waals surface area contributed by atoms with Crippen LogP contribution < -0.4 is 19.1 Å². The van der Waals surface area contributed by atoms with Crippen molar-refractivity contribution in [2.45, 2.75) is 17.4 Å². The summed E-state index contributed by atoms with van der Waals surface area (Å²) in [5.74, 6) is -0.314. The summed E-state index contributed by atoms with van der Waals surface area (Å²) >= 11 is 0. The van der Waals surface area contributed by atoms with Gasteiger partial charge in [0.15, 0.2) is 0 Å². The number of hydrogen-bond donors (Lipinski definition) is 1. The molecule has 0 aromatic heterocycles. The lowest BCUT2D eigenvalue weighted by Crippen LogP contribution is -2.41. The van der Waals surface area contributed by atoms with Crippen LogP contribution in [0.25, 0.3) is 0 Å². The Kier molecular flexibility index (Phi) is 5.33. The standard InChI is InChI=1S/C18H19FN2O5S/c1-25-14-7-8-16(26-2)17(11-14)27(23,24)20-15-9-10-21(18(15)22)13-5-3-12(19)4-6-13/h3-8,11,15,20H,9-10H2,1-2H3/t15-/m0/s1. The number of methoxy groups -OCH3 is 2. The number of hydrogen-bond acceptors (Lipinski definition) is 5. The van der Waals surface area contributed by atoms with Crippen LogP contribution in [-0.4, -0.2) is 41.1 Å². The van der Waals surface area contributed by atoms with E-state index in [0.717, 1.165) is 0 Å². The fourth-order valence-corrected chi connectivity index (χ4v) is 4.32. The Morgan fingerprint density at radius 1 is 1.11 bits per heavy atom. The molecule has 1 heterocycles. The van der Waals surface area contributed by atoms with E-state index in [1.54, 1.807) is 6.07 Å². The quantitative estimate of drug-likeness (QED) is 0.809. The van der Waals surface area contributed by atoms with Gasteiger partial charge in [0.1, 0.15) is 28.3 Å². The van der Waals surface area contributed by atoms with Gasteiger partial charge in [0.2, 0.25) is 15.9 Å². The van der Waals surface area contributed by atoms with E-state index in [2.05, 4.69) is 4.72 Å². The highest BCUT2D eigenvalue weighted by Crippen LogP contribution is 2.29. The number of sulfonamides is 1. The molecular weight excluding hydrogens is 375 g/mol. The van der Waals surface area contributed by atoms with Crippen LogP contribution in [0.5, 0.6) is 11.5 Å². The van der Waals surface area contributed by atoms with Crippen LogP contribution in [0.2, 0.25) is 0 Å². The second kappa shape index (κ2) is 7.53. The Bertz CT molecular complexity index is 947. The zero-order valence-electron chi connectivity index (χ0n) is 14.8. The average Bonchev–Trinajstić information content (AvgIpc) is 3.01. The van der Waals surface area contributed by atoms with Gasteiger partial charge in [-0.05, 0) is 42.8 Å². The van der Waals surface area contributed by atoms with Crippen molar-refractivity contribution < 1.29 is 27.1 Å². The van der Waals surface area contributed by atoms with Crippen molar-refractivity contribution in [3.8, 4) is 11.5 Å². The fourth-order valence-electron chi connectivity index (χ4n) is 2.91. The van der Waals surface area contributed by atoms with Crippen LogP contribution in [0.4, 0.5) is 10.1 Å². The van der Waals surface area contributed by atoms with Crippen LogP contribution in [0, 0.1) is 5.82 Å². The van der Waals surface area contributed by atoms with Crippen LogP contribution in [0.3, 0.4) is 0 Å². The summed E-state index contributed by atoms with van der Waals surface area (Å²) in [5, 5.41) is 0. The summed E-state index contributed by atoms with van der Waals surface area (Å²) in [4.78, 5) is 13.9. The maximum absolute atomic E-state index is 13.1. The fraction of sp³-hybridized carbons (Fsp3) is 0.278. The zero-order chi connectivity index (χ0) is 19.6. The molecule has 144 valence electrons. The van der Waals surface area contributed by atoms with Gasteiger partial charge in [-0.1, -0.05) is 0 Å². The number of rotatable bonds is 6. The van der Waals surface area contributed by atoms with Crippen LogP contribution in [0.15, 0.2) is 47.4 Å². The third-order valence-corrected chi connectivity index (χ3v) is 5.79. The van der Waals surface area contributed by atoms with Crippen molar-refractivity contribution in [1.82, 2.24) is 4.72 Å². The average molecular weight is 394 g/mol. The number of ether oxygens (including phenoxy) is 2. The summed E-state index contributed by atoms with van der Waals surface area (Å²) in [7, 11) is -1.24. The van der Waals surface area contributed by atoms with Crippen molar-refractivity contribution in [2.75, 3.05) is 25.7 Å². The van der Waals surface area contributed by atoms with Gasteiger partial charge >= 0.3 is 0 Å². The van der Waals surface area contributed by atoms with Crippen LogP contribution in [-0.2, 0) is 14.8 Å². The minimum Gasteiger partial charge on any atom is -0.497 e. The Morgan fingerprint density at radius 3 is 2.44 bits per heavy atom. The molecule has 0 bridgehead atoms. The van der Waals surface area contributed by atoms with Gasteiger partial charge in [0.25, 0.3) is 0 Å². The molecule has 1 atom stereocenters. The van der Waals surface area contributed by atoms with E-state index in [-0.39, 0.29) is 10.6 Å². The highest BCUT2D eigenvalue weighted by molar-refractivity contribution is 7.89. The third-order valence-electron chi connectivity index (χ3n) is 4.30. The first-order chi connectivity index (χ1) is 12.9. The monoisotopic (exact) mass is 394 g/mol. The van der Waals surface area contributed by atoms with Crippen molar-refractivity contribution >= 4 is 21.6 Å². The topological polar surface area (TPSA) is 84.9 Å². The highest BCUT2D eigenvalue weighted by atomic mass is 32.2. The van der Waals surface area contributed by atoms with Crippen molar-refractivity contribution in [3.63, 3.8) is 0 Å². The van der Waals surface area contributed by atoms with E-state index in [1.165, 1.54) is 55.5 Å². The summed E-state index contributed by atoms with van der Waals surface area (Å²) in [6.07, 6.45) is 0.293. The largest absolute Gasteiger partial charge is 0.497 e. The molecule has 1 fully saturated rings. The molecule has 0 aliphatic carbocycles. The van der Waals surface area contributed by atoms with E-state index in [9.17, 15) is 17.6 Å². The van der Waals surface area contributed by atoms with Crippen molar-refractivity contribution in [1.29, 1.82) is 0 Å². The molecule has 1 aliphatic rings. The molecule has 2 aromatic rings. The minimum absolute atomic E-state index is 0.114. The number of carbonyl (C=O) groups excluding carboxylic acids is 1.